The molecule has 0 fully saturated rings. The Labute approximate surface area is 148 Å². The van der Waals surface area contributed by atoms with E-state index in [0.717, 1.165) is 18.4 Å². The third-order valence-corrected chi connectivity index (χ3v) is 4.11. The minimum Gasteiger partial charge on any atom is -0.481 e. The second kappa shape index (κ2) is 10.3. The van der Waals surface area contributed by atoms with E-state index in [2.05, 4.69) is 17.4 Å². The largest absolute Gasteiger partial charge is 0.481 e. The van der Waals surface area contributed by atoms with Crippen LogP contribution in [0.25, 0.3) is 0 Å². The Morgan fingerprint density at radius 1 is 0.880 bits per heavy atom. The molecule has 0 aliphatic heterocycles. The molecule has 0 saturated carbocycles. The number of rotatable bonds is 10. The van der Waals surface area contributed by atoms with Gasteiger partial charge in [0.1, 0.15) is 0 Å². The maximum Gasteiger partial charge on any atom is 0.303 e. The van der Waals surface area contributed by atoms with Gasteiger partial charge in [0.05, 0.1) is 0 Å². The van der Waals surface area contributed by atoms with Crippen LogP contribution >= 0.6 is 0 Å². The van der Waals surface area contributed by atoms with Crippen molar-refractivity contribution >= 4 is 11.9 Å². The van der Waals surface area contributed by atoms with Crippen molar-refractivity contribution in [2.45, 2.75) is 44.6 Å². The van der Waals surface area contributed by atoms with Crippen LogP contribution in [0.15, 0.2) is 60.7 Å². The number of carboxylic acids is 1. The third-order valence-electron chi connectivity index (χ3n) is 4.11. The first-order valence-electron chi connectivity index (χ1n) is 8.72. The van der Waals surface area contributed by atoms with Crippen molar-refractivity contribution in [2.24, 2.45) is 0 Å². The lowest BCUT2D eigenvalue weighted by Crippen LogP contribution is -2.36. The average molecular weight is 339 g/mol. The maximum atomic E-state index is 12.2. The van der Waals surface area contributed by atoms with Gasteiger partial charge in [-0.15, -0.1) is 0 Å². The number of nitrogens with one attached hydrogen (secondary N) is 1. The molecule has 1 amide bonds. The summed E-state index contributed by atoms with van der Waals surface area (Å²) >= 11 is 0. The van der Waals surface area contributed by atoms with Crippen molar-refractivity contribution in [3.8, 4) is 0 Å². The zero-order valence-corrected chi connectivity index (χ0v) is 14.4. The summed E-state index contributed by atoms with van der Waals surface area (Å²) in [5.41, 5.74) is 2.32. The summed E-state index contributed by atoms with van der Waals surface area (Å²) in [6, 6.07) is 19.8. The maximum absolute atomic E-state index is 12.2. The number of aliphatic carboxylic acids is 1. The first-order chi connectivity index (χ1) is 12.1. The van der Waals surface area contributed by atoms with Gasteiger partial charge in [-0.1, -0.05) is 60.7 Å². The minimum absolute atomic E-state index is 0.0118. The van der Waals surface area contributed by atoms with Crippen molar-refractivity contribution in [1.82, 2.24) is 5.32 Å². The molecule has 4 heteroatoms. The number of aryl methyl sites for hydroxylation is 1. The molecule has 0 aromatic heterocycles. The Balaban J connectivity index is 1.82. The summed E-state index contributed by atoms with van der Waals surface area (Å²) in [5, 5.41) is 11.9. The molecule has 1 atom stereocenters. The molecule has 4 nitrogen and oxygen atoms in total. The Morgan fingerprint density at radius 3 is 2.08 bits per heavy atom. The lowest BCUT2D eigenvalue weighted by molar-refractivity contribution is -0.137. The van der Waals surface area contributed by atoms with Crippen molar-refractivity contribution in [3.05, 3.63) is 71.8 Å². The third kappa shape index (κ3) is 7.66. The molecular formula is C21H25NO3. The van der Waals surface area contributed by atoms with E-state index in [1.807, 2.05) is 48.5 Å². The van der Waals surface area contributed by atoms with Crippen molar-refractivity contribution in [2.75, 3.05) is 0 Å². The molecule has 0 aliphatic carbocycles. The van der Waals surface area contributed by atoms with Crippen molar-refractivity contribution in [3.63, 3.8) is 0 Å². The van der Waals surface area contributed by atoms with E-state index in [1.54, 1.807) is 0 Å². The summed E-state index contributed by atoms with van der Waals surface area (Å²) < 4.78 is 0. The van der Waals surface area contributed by atoms with E-state index < -0.39 is 5.97 Å². The number of carbonyl (C=O) groups excluding carboxylic acids is 1. The normalized spacial score (nSPS) is 11.7. The standard InChI is InChI=1S/C21H25NO3/c23-20(13-7-12-17-8-3-1-4-9-17)22-19(14-15-21(24)25)16-18-10-5-2-6-11-18/h1-6,8-11,19H,7,12-16H2,(H,22,23)(H,24,25). The molecule has 25 heavy (non-hydrogen) atoms. The Morgan fingerprint density at radius 2 is 1.48 bits per heavy atom. The average Bonchev–Trinajstić information content (AvgIpc) is 2.61. The van der Waals surface area contributed by atoms with Crippen LogP contribution in [0.4, 0.5) is 0 Å². The highest BCUT2D eigenvalue weighted by molar-refractivity contribution is 5.76. The monoisotopic (exact) mass is 339 g/mol. The fraction of sp³-hybridized carbons (Fsp3) is 0.333. The van der Waals surface area contributed by atoms with Crippen molar-refractivity contribution in [1.29, 1.82) is 0 Å². The van der Waals surface area contributed by atoms with Crippen LogP contribution in [0, 0.1) is 0 Å². The lowest BCUT2D eigenvalue weighted by Gasteiger charge is -2.18. The molecule has 0 heterocycles. The van der Waals surface area contributed by atoms with E-state index >= 15 is 0 Å². The van der Waals surface area contributed by atoms with Gasteiger partial charge < -0.3 is 10.4 Å². The molecule has 0 aliphatic rings. The first-order valence-corrected chi connectivity index (χ1v) is 8.72. The Hall–Kier alpha value is -2.62. The smallest absolute Gasteiger partial charge is 0.303 e. The fourth-order valence-electron chi connectivity index (χ4n) is 2.82. The van der Waals surface area contributed by atoms with Crippen LogP contribution in [0.2, 0.25) is 0 Å². The Bertz CT molecular complexity index is 655. The molecular weight excluding hydrogens is 314 g/mol. The van der Waals surface area contributed by atoms with Crippen LogP contribution in [0.5, 0.6) is 0 Å². The van der Waals surface area contributed by atoms with Crippen LogP contribution in [-0.4, -0.2) is 23.0 Å². The van der Waals surface area contributed by atoms with Gasteiger partial charge in [-0.05, 0) is 36.8 Å². The first kappa shape index (κ1) is 18.7. The molecule has 2 aromatic carbocycles. The number of benzene rings is 2. The number of amides is 1. The van der Waals surface area contributed by atoms with Gasteiger partial charge in [0.15, 0.2) is 0 Å². The zero-order valence-electron chi connectivity index (χ0n) is 14.4. The zero-order chi connectivity index (χ0) is 17.9. The van der Waals surface area contributed by atoms with E-state index in [-0.39, 0.29) is 18.4 Å². The van der Waals surface area contributed by atoms with Crippen LogP contribution < -0.4 is 5.32 Å². The molecule has 0 saturated heterocycles. The van der Waals surface area contributed by atoms with Gasteiger partial charge in [0.2, 0.25) is 5.91 Å². The number of hydrogen-bond acceptors (Lipinski definition) is 2. The van der Waals surface area contributed by atoms with E-state index in [9.17, 15) is 9.59 Å². The van der Waals surface area contributed by atoms with Crippen LogP contribution in [-0.2, 0) is 22.4 Å². The highest BCUT2D eigenvalue weighted by Crippen LogP contribution is 2.09. The van der Waals surface area contributed by atoms with Crippen LogP contribution in [0.1, 0.15) is 36.8 Å². The predicted octanol–water partition coefficient (Wildman–Crippen LogP) is 3.60. The summed E-state index contributed by atoms with van der Waals surface area (Å²) in [6.07, 6.45) is 3.25. The van der Waals surface area contributed by atoms with Gasteiger partial charge in [-0.25, -0.2) is 0 Å². The van der Waals surface area contributed by atoms with E-state index in [4.69, 9.17) is 5.11 Å². The Kier molecular flexibility index (Phi) is 7.70. The number of carbonyl (C=O) groups is 2. The molecule has 2 rings (SSSR count). The molecule has 2 aromatic rings. The van der Waals surface area contributed by atoms with Gasteiger partial charge in [-0.2, -0.15) is 0 Å². The fourth-order valence-corrected chi connectivity index (χ4v) is 2.82. The number of carboxylic acid groups (broad SMARTS) is 1. The molecule has 2 N–H and O–H groups in total. The van der Waals surface area contributed by atoms with Gasteiger partial charge in [0.25, 0.3) is 0 Å². The van der Waals surface area contributed by atoms with Crippen LogP contribution in [0.3, 0.4) is 0 Å². The lowest BCUT2D eigenvalue weighted by atomic mass is 10.0. The summed E-state index contributed by atoms with van der Waals surface area (Å²) in [6.45, 7) is 0. The van der Waals surface area contributed by atoms with Gasteiger partial charge >= 0.3 is 5.97 Å². The summed E-state index contributed by atoms with van der Waals surface area (Å²) in [4.78, 5) is 23.1. The quantitative estimate of drug-likeness (QED) is 0.695. The molecule has 0 radical (unpaired) electrons. The van der Waals surface area contributed by atoms with Crippen molar-refractivity contribution < 1.29 is 14.7 Å². The topological polar surface area (TPSA) is 66.4 Å². The SMILES string of the molecule is O=C(O)CCC(Cc1ccccc1)NC(=O)CCCc1ccccc1. The molecule has 0 spiro atoms. The molecule has 1 unspecified atom stereocenters. The number of hydrogen-bond donors (Lipinski definition) is 2. The summed E-state index contributed by atoms with van der Waals surface area (Å²) in [7, 11) is 0. The second-order valence-corrected chi connectivity index (χ2v) is 6.23. The predicted molar refractivity (Wildman–Crippen MR) is 98.3 cm³/mol. The van der Waals surface area contributed by atoms with E-state index in [1.165, 1.54) is 5.56 Å². The minimum atomic E-state index is -0.837. The van der Waals surface area contributed by atoms with Gasteiger partial charge in [0, 0.05) is 18.9 Å². The molecule has 132 valence electrons. The molecule has 0 bridgehead atoms. The van der Waals surface area contributed by atoms with E-state index in [0.29, 0.717) is 19.3 Å². The summed E-state index contributed by atoms with van der Waals surface area (Å²) in [5.74, 6) is -0.848. The highest BCUT2D eigenvalue weighted by Gasteiger charge is 2.14. The highest BCUT2D eigenvalue weighted by atomic mass is 16.4. The van der Waals surface area contributed by atoms with Gasteiger partial charge in [-0.3, -0.25) is 9.59 Å². The second-order valence-electron chi connectivity index (χ2n) is 6.23.